The molecule has 4 heterocycles. The molecule has 0 spiro atoms. The molecule has 1 aromatic heterocycles. The Hall–Kier alpha value is -2.34. The number of piperazine rings is 1. The molecule has 0 N–H and O–H groups in total. The summed E-state index contributed by atoms with van der Waals surface area (Å²) in [4.78, 5) is 9.93. The maximum atomic E-state index is 4.34. The van der Waals surface area contributed by atoms with Gasteiger partial charge < -0.3 is 19.6 Å². The number of likely N-dealkylation sites (N-methyl/N-ethyl adjacent to an activating group) is 1. The second kappa shape index (κ2) is 7.24. The Balaban J connectivity index is 1.22. The third-order valence-corrected chi connectivity index (χ3v) is 6.66. The molecule has 1 aromatic carbocycles. The van der Waals surface area contributed by atoms with Crippen LogP contribution in [0, 0.1) is 12.8 Å². The first kappa shape index (κ1) is 17.7. The quantitative estimate of drug-likeness (QED) is 0.816. The predicted octanol–water partition coefficient (Wildman–Crippen LogP) is 2.25. The first-order chi connectivity index (χ1) is 13.7. The van der Waals surface area contributed by atoms with E-state index in [1.807, 2.05) is 13.0 Å². The second-order valence-electron chi connectivity index (χ2n) is 8.55. The molecule has 0 radical (unpaired) electrons. The maximum absolute atomic E-state index is 4.34. The molecule has 0 unspecified atom stereocenters. The summed E-state index contributed by atoms with van der Waals surface area (Å²) in [5.41, 5.74) is 3.69. The monoisotopic (exact) mass is 378 g/mol. The average molecular weight is 379 g/mol. The van der Waals surface area contributed by atoms with Gasteiger partial charge in [0.15, 0.2) is 5.82 Å². The van der Waals surface area contributed by atoms with Crippen LogP contribution in [0.25, 0.3) is 0 Å². The number of rotatable bonds is 3. The zero-order valence-electron chi connectivity index (χ0n) is 17.0. The SMILES string of the molecule is Cc1ccc(N2CCN(c3ccc(N4CC[C@@H]5CN(C)C[C@@H]54)cc3)CC2)nn1. The van der Waals surface area contributed by atoms with Gasteiger partial charge in [0.05, 0.1) is 5.69 Å². The lowest BCUT2D eigenvalue weighted by atomic mass is 10.0. The van der Waals surface area contributed by atoms with E-state index in [1.54, 1.807) is 0 Å². The number of aromatic nitrogens is 2. The number of hydrogen-bond donors (Lipinski definition) is 0. The van der Waals surface area contributed by atoms with Crippen molar-refractivity contribution in [2.45, 2.75) is 19.4 Å². The molecule has 148 valence electrons. The Kier molecular flexibility index (Phi) is 4.59. The number of fused-ring (bicyclic) bond motifs is 1. The standard InChI is InChI=1S/C22H30N6/c1-17-3-8-22(24-23-17)27-13-11-26(12-14-27)19-4-6-20(7-5-19)28-10-9-18-15-25(2)16-21(18)28/h3-8,18,21H,9-16H2,1-2H3/t18-,21+/m1/s1. The summed E-state index contributed by atoms with van der Waals surface area (Å²) < 4.78 is 0. The lowest BCUT2D eigenvalue weighted by molar-refractivity contribution is 0.386. The highest BCUT2D eigenvalue weighted by Gasteiger charge is 2.39. The van der Waals surface area contributed by atoms with Crippen molar-refractivity contribution in [1.82, 2.24) is 15.1 Å². The van der Waals surface area contributed by atoms with Gasteiger partial charge in [-0.3, -0.25) is 0 Å². The van der Waals surface area contributed by atoms with Crippen LogP contribution in [0.2, 0.25) is 0 Å². The van der Waals surface area contributed by atoms with Crippen LogP contribution in [0.4, 0.5) is 17.2 Å². The van der Waals surface area contributed by atoms with E-state index >= 15 is 0 Å². The van der Waals surface area contributed by atoms with Crippen molar-refractivity contribution in [3.8, 4) is 0 Å². The largest absolute Gasteiger partial charge is 0.368 e. The van der Waals surface area contributed by atoms with Crippen molar-refractivity contribution in [1.29, 1.82) is 0 Å². The summed E-state index contributed by atoms with van der Waals surface area (Å²) >= 11 is 0. The number of anilines is 3. The first-order valence-corrected chi connectivity index (χ1v) is 10.5. The minimum Gasteiger partial charge on any atom is -0.368 e. The van der Waals surface area contributed by atoms with E-state index in [9.17, 15) is 0 Å². The topological polar surface area (TPSA) is 38.7 Å². The van der Waals surface area contributed by atoms with Crippen molar-refractivity contribution in [2.24, 2.45) is 5.92 Å². The third-order valence-electron chi connectivity index (χ3n) is 6.66. The molecule has 3 aliphatic rings. The Bertz CT molecular complexity index is 797. The number of hydrogen-bond acceptors (Lipinski definition) is 6. The van der Waals surface area contributed by atoms with Crippen LogP contribution in [0.5, 0.6) is 0 Å². The van der Waals surface area contributed by atoms with Gasteiger partial charge in [-0.25, -0.2) is 0 Å². The third kappa shape index (κ3) is 3.30. The van der Waals surface area contributed by atoms with Gasteiger partial charge in [0.2, 0.25) is 0 Å². The number of nitrogens with zero attached hydrogens (tertiary/aromatic N) is 6. The van der Waals surface area contributed by atoms with E-state index in [2.05, 4.69) is 67.2 Å². The van der Waals surface area contributed by atoms with E-state index in [1.165, 1.54) is 37.4 Å². The summed E-state index contributed by atoms with van der Waals surface area (Å²) in [6, 6.07) is 14.1. The Labute approximate surface area is 167 Å². The molecule has 6 heteroatoms. The summed E-state index contributed by atoms with van der Waals surface area (Å²) in [7, 11) is 2.25. The molecule has 3 aliphatic heterocycles. The van der Waals surface area contributed by atoms with Crippen LogP contribution in [-0.4, -0.2) is 74.0 Å². The number of aryl methyl sites for hydroxylation is 1. The number of benzene rings is 1. The lowest BCUT2D eigenvalue weighted by Crippen LogP contribution is -2.46. The van der Waals surface area contributed by atoms with E-state index in [4.69, 9.17) is 0 Å². The summed E-state index contributed by atoms with van der Waals surface area (Å²) in [5, 5.41) is 8.53. The highest BCUT2D eigenvalue weighted by molar-refractivity contribution is 5.58. The Morgan fingerprint density at radius 2 is 1.50 bits per heavy atom. The van der Waals surface area contributed by atoms with Crippen LogP contribution >= 0.6 is 0 Å². The minimum absolute atomic E-state index is 0.704. The lowest BCUT2D eigenvalue weighted by Gasteiger charge is -2.36. The van der Waals surface area contributed by atoms with Crippen molar-refractivity contribution < 1.29 is 0 Å². The normalized spacial score (nSPS) is 25.4. The molecule has 3 saturated heterocycles. The van der Waals surface area contributed by atoms with Gasteiger partial charge in [-0.1, -0.05) is 0 Å². The number of likely N-dealkylation sites (tertiary alicyclic amines) is 1. The molecule has 5 rings (SSSR count). The molecule has 28 heavy (non-hydrogen) atoms. The highest BCUT2D eigenvalue weighted by atomic mass is 15.3. The fraction of sp³-hybridized carbons (Fsp3) is 0.545. The van der Waals surface area contributed by atoms with Crippen molar-refractivity contribution in [3.63, 3.8) is 0 Å². The van der Waals surface area contributed by atoms with Gasteiger partial charge in [-0.15, -0.1) is 5.10 Å². The molecular weight excluding hydrogens is 348 g/mol. The van der Waals surface area contributed by atoms with E-state index < -0.39 is 0 Å². The molecular formula is C22H30N6. The van der Waals surface area contributed by atoms with Crippen molar-refractivity contribution in [2.75, 3.05) is 67.6 Å². The molecule has 2 atom stereocenters. The molecule has 0 saturated carbocycles. The molecule has 3 fully saturated rings. The summed E-state index contributed by atoms with van der Waals surface area (Å²) in [6.07, 6.45) is 1.33. The summed E-state index contributed by atoms with van der Waals surface area (Å²) in [5.74, 6) is 1.84. The van der Waals surface area contributed by atoms with Crippen LogP contribution in [0.3, 0.4) is 0 Å². The fourth-order valence-electron chi connectivity index (χ4n) is 5.10. The molecule has 6 nitrogen and oxygen atoms in total. The molecule has 0 aliphatic carbocycles. The van der Waals surface area contributed by atoms with Gasteiger partial charge >= 0.3 is 0 Å². The van der Waals surface area contributed by atoms with E-state index in [0.29, 0.717) is 6.04 Å². The first-order valence-electron chi connectivity index (χ1n) is 10.5. The Morgan fingerprint density at radius 1 is 0.786 bits per heavy atom. The second-order valence-corrected chi connectivity index (χ2v) is 8.55. The predicted molar refractivity (Wildman–Crippen MR) is 114 cm³/mol. The highest BCUT2D eigenvalue weighted by Crippen LogP contribution is 2.35. The zero-order valence-corrected chi connectivity index (χ0v) is 17.0. The van der Waals surface area contributed by atoms with Crippen LogP contribution < -0.4 is 14.7 Å². The van der Waals surface area contributed by atoms with Crippen LogP contribution in [-0.2, 0) is 0 Å². The van der Waals surface area contributed by atoms with E-state index in [-0.39, 0.29) is 0 Å². The minimum atomic E-state index is 0.704. The van der Waals surface area contributed by atoms with Crippen LogP contribution in [0.15, 0.2) is 36.4 Å². The van der Waals surface area contributed by atoms with Crippen molar-refractivity contribution in [3.05, 3.63) is 42.1 Å². The van der Waals surface area contributed by atoms with Gasteiger partial charge in [0, 0.05) is 63.2 Å². The summed E-state index contributed by atoms with van der Waals surface area (Å²) in [6.45, 7) is 9.67. The van der Waals surface area contributed by atoms with Crippen molar-refractivity contribution >= 4 is 17.2 Å². The van der Waals surface area contributed by atoms with Crippen LogP contribution in [0.1, 0.15) is 12.1 Å². The molecule has 0 bridgehead atoms. The Morgan fingerprint density at radius 3 is 2.21 bits per heavy atom. The van der Waals surface area contributed by atoms with Gasteiger partial charge in [-0.05, 0) is 62.7 Å². The smallest absolute Gasteiger partial charge is 0.151 e. The molecule has 0 amide bonds. The fourth-order valence-corrected chi connectivity index (χ4v) is 5.10. The van der Waals surface area contributed by atoms with E-state index in [0.717, 1.165) is 43.6 Å². The van der Waals surface area contributed by atoms with Gasteiger partial charge in [-0.2, -0.15) is 5.10 Å². The average Bonchev–Trinajstić information content (AvgIpc) is 3.28. The van der Waals surface area contributed by atoms with Gasteiger partial charge in [0.1, 0.15) is 0 Å². The zero-order chi connectivity index (χ0) is 19.1. The maximum Gasteiger partial charge on any atom is 0.151 e. The van der Waals surface area contributed by atoms with Gasteiger partial charge in [0.25, 0.3) is 0 Å². The molecule has 2 aromatic rings.